The Balaban J connectivity index is 1.58. The van der Waals surface area contributed by atoms with E-state index in [1.165, 1.54) is 11.8 Å². The average molecular weight is 455 g/mol. The van der Waals surface area contributed by atoms with Gasteiger partial charge in [0.1, 0.15) is 12.4 Å². The lowest BCUT2D eigenvalue weighted by Gasteiger charge is -2.20. The number of thiocarbonyl (C=S) groups is 1. The molecule has 0 radical (unpaired) electrons. The summed E-state index contributed by atoms with van der Waals surface area (Å²) in [5, 5.41) is 2.24. The van der Waals surface area contributed by atoms with Crippen LogP contribution in [0.5, 0.6) is 5.75 Å². The summed E-state index contributed by atoms with van der Waals surface area (Å²) in [6, 6.07) is 19.1. The fourth-order valence-corrected chi connectivity index (χ4v) is 4.58. The molecule has 152 valence electrons. The van der Waals surface area contributed by atoms with E-state index in [0.29, 0.717) is 26.6 Å². The molecule has 30 heavy (non-hydrogen) atoms. The van der Waals surface area contributed by atoms with Gasteiger partial charge >= 0.3 is 0 Å². The lowest BCUT2D eigenvalue weighted by atomic mass is 10.2. The molecule has 2 heterocycles. The van der Waals surface area contributed by atoms with Crippen LogP contribution in [0.15, 0.2) is 65.6 Å². The van der Waals surface area contributed by atoms with Crippen molar-refractivity contribution in [1.82, 2.24) is 4.68 Å². The van der Waals surface area contributed by atoms with Gasteiger partial charge in [-0.2, -0.15) is 5.01 Å². The van der Waals surface area contributed by atoms with Gasteiger partial charge in [0.25, 0.3) is 5.91 Å². The van der Waals surface area contributed by atoms with Gasteiger partial charge in [0.2, 0.25) is 0 Å². The highest BCUT2D eigenvalue weighted by Gasteiger charge is 2.34. The summed E-state index contributed by atoms with van der Waals surface area (Å²) in [6.45, 7) is 4.31. The quantitative estimate of drug-likeness (QED) is 0.356. The Morgan fingerprint density at radius 1 is 1.03 bits per heavy atom. The van der Waals surface area contributed by atoms with Gasteiger partial charge < -0.3 is 4.74 Å². The highest BCUT2D eigenvalue weighted by atomic mass is 35.5. The summed E-state index contributed by atoms with van der Waals surface area (Å²) >= 11 is 12.7. The predicted molar refractivity (Wildman–Crippen MR) is 128 cm³/mol. The zero-order valence-electron chi connectivity index (χ0n) is 16.5. The van der Waals surface area contributed by atoms with Crippen LogP contribution in [-0.4, -0.2) is 14.9 Å². The third-order valence-corrected chi connectivity index (χ3v) is 6.26. The number of benzene rings is 2. The van der Waals surface area contributed by atoms with Gasteiger partial charge in [-0.3, -0.25) is 9.47 Å². The number of aromatic nitrogens is 1. The molecule has 4 rings (SSSR count). The number of aryl methyl sites for hydroxylation is 2. The van der Waals surface area contributed by atoms with E-state index >= 15 is 0 Å². The fourth-order valence-electron chi connectivity index (χ4n) is 3.22. The van der Waals surface area contributed by atoms with E-state index in [2.05, 4.69) is 0 Å². The summed E-state index contributed by atoms with van der Waals surface area (Å²) in [4.78, 5) is 13.7. The van der Waals surface area contributed by atoms with Gasteiger partial charge in [-0.25, -0.2) is 0 Å². The molecule has 0 atom stereocenters. The summed E-state index contributed by atoms with van der Waals surface area (Å²) in [5.74, 6) is 0.561. The fraction of sp³-hybridized carbons (Fsp3) is 0.130. The number of para-hydroxylation sites is 1. The SMILES string of the molecule is Cc1ccc(C)n1N1C(=O)/C(=C\c2ccccc2OCc2ccc(Cl)cc2)SC1=S. The van der Waals surface area contributed by atoms with Crippen molar-refractivity contribution in [2.24, 2.45) is 0 Å². The minimum Gasteiger partial charge on any atom is -0.488 e. The maximum atomic E-state index is 13.1. The van der Waals surface area contributed by atoms with Gasteiger partial charge in [0.05, 0.1) is 4.91 Å². The van der Waals surface area contributed by atoms with E-state index < -0.39 is 0 Å². The average Bonchev–Trinajstić information content (AvgIpc) is 3.20. The summed E-state index contributed by atoms with van der Waals surface area (Å²) in [5.41, 5.74) is 3.75. The first-order valence-corrected chi connectivity index (χ1v) is 10.9. The second-order valence-corrected chi connectivity index (χ2v) is 8.99. The van der Waals surface area contributed by atoms with Crippen molar-refractivity contribution in [2.45, 2.75) is 20.5 Å². The molecule has 2 aromatic carbocycles. The molecule has 0 bridgehead atoms. The second-order valence-electron chi connectivity index (χ2n) is 6.87. The van der Waals surface area contributed by atoms with E-state index in [1.54, 1.807) is 5.01 Å². The molecule has 0 unspecified atom stereocenters. The minimum absolute atomic E-state index is 0.139. The smallest absolute Gasteiger partial charge is 0.285 e. The summed E-state index contributed by atoms with van der Waals surface area (Å²) < 4.78 is 8.37. The molecule has 3 aromatic rings. The molecule has 7 heteroatoms. The van der Waals surface area contributed by atoms with Crippen LogP contribution < -0.4 is 9.75 Å². The Labute approximate surface area is 190 Å². The number of rotatable bonds is 5. The number of carbonyl (C=O) groups is 1. The molecule has 1 amide bonds. The van der Waals surface area contributed by atoms with Gasteiger partial charge in [0.15, 0.2) is 4.32 Å². The molecule has 1 saturated heterocycles. The molecule has 1 aliphatic heterocycles. The molecule has 4 nitrogen and oxygen atoms in total. The van der Waals surface area contributed by atoms with E-state index in [9.17, 15) is 4.79 Å². The van der Waals surface area contributed by atoms with E-state index in [0.717, 1.165) is 22.5 Å². The normalized spacial score (nSPS) is 15.3. The molecule has 0 saturated carbocycles. The third kappa shape index (κ3) is 4.17. The van der Waals surface area contributed by atoms with Gasteiger partial charge in [-0.05, 0) is 68.0 Å². The van der Waals surface area contributed by atoms with E-state index in [-0.39, 0.29) is 5.91 Å². The Bertz CT molecular complexity index is 1130. The van der Waals surface area contributed by atoms with Crippen LogP contribution in [0.25, 0.3) is 6.08 Å². The van der Waals surface area contributed by atoms with Crippen molar-refractivity contribution in [2.75, 3.05) is 5.01 Å². The molecule has 1 aromatic heterocycles. The van der Waals surface area contributed by atoms with Gasteiger partial charge in [-0.15, -0.1) is 0 Å². The van der Waals surface area contributed by atoms with Crippen LogP contribution in [-0.2, 0) is 11.4 Å². The minimum atomic E-state index is -0.139. The molecule has 0 spiro atoms. The molecule has 1 fully saturated rings. The number of nitrogens with zero attached hydrogens (tertiary/aromatic N) is 2. The number of thioether (sulfide) groups is 1. The van der Waals surface area contributed by atoms with Crippen LogP contribution in [0.3, 0.4) is 0 Å². The van der Waals surface area contributed by atoms with Crippen LogP contribution in [0.1, 0.15) is 22.5 Å². The first kappa shape index (κ1) is 20.7. The van der Waals surface area contributed by atoms with Crippen molar-refractivity contribution in [3.8, 4) is 5.75 Å². The predicted octanol–water partition coefficient (Wildman–Crippen LogP) is 5.87. The van der Waals surface area contributed by atoms with Gasteiger partial charge in [-0.1, -0.05) is 53.7 Å². The van der Waals surface area contributed by atoms with Crippen molar-refractivity contribution < 1.29 is 9.53 Å². The second kappa shape index (κ2) is 8.68. The summed E-state index contributed by atoms with van der Waals surface area (Å²) in [6.07, 6.45) is 1.84. The highest BCUT2D eigenvalue weighted by Crippen LogP contribution is 2.34. The Hall–Kier alpha value is -2.54. The summed E-state index contributed by atoms with van der Waals surface area (Å²) in [7, 11) is 0. The molecule has 0 aliphatic carbocycles. The molecule has 0 N–H and O–H groups in total. The Kier molecular flexibility index (Phi) is 5.99. The molecular formula is C23H19ClN2O2S2. The number of carbonyl (C=O) groups excluding carboxylic acids is 1. The molecule has 1 aliphatic rings. The van der Waals surface area contributed by atoms with Crippen LogP contribution >= 0.6 is 35.6 Å². The number of ether oxygens (including phenoxy) is 1. The Morgan fingerprint density at radius 3 is 2.40 bits per heavy atom. The van der Waals surface area contributed by atoms with Crippen LogP contribution in [0.2, 0.25) is 5.02 Å². The van der Waals surface area contributed by atoms with Gasteiger partial charge in [0, 0.05) is 22.0 Å². The zero-order valence-corrected chi connectivity index (χ0v) is 18.9. The third-order valence-electron chi connectivity index (χ3n) is 4.72. The zero-order chi connectivity index (χ0) is 21.3. The lowest BCUT2D eigenvalue weighted by Crippen LogP contribution is -2.39. The monoisotopic (exact) mass is 454 g/mol. The van der Waals surface area contributed by atoms with Crippen LogP contribution in [0, 0.1) is 13.8 Å². The van der Waals surface area contributed by atoms with E-state index in [4.69, 9.17) is 28.6 Å². The van der Waals surface area contributed by atoms with Crippen molar-refractivity contribution >= 4 is 51.9 Å². The maximum absolute atomic E-state index is 13.1. The number of halogens is 1. The topological polar surface area (TPSA) is 34.5 Å². The van der Waals surface area contributed by atoms with Crippen molar-refractivity contribution in [1.29, 1.82) is 0 Å². The lowest BCUT2D eigenvalue weighted by molar-refractivity contribution is -0.114. The van der Waals surface area contributed by atoms with Crippen molar-refractivity contribution in [3.05, 3.63) is 93.1 Å². The highest BCUT2D eigenvalue weighted by molar-refractivity contribution is 8.27. The number of amides is 1. The largest absolute Gasteiger partial charge is 0.488 e. The molecular weight excluding hydrogens is 436 g/mol. The number of hydrogen-bond acceptors (Lipinski definition) is 4. The number of hydrogen-bond donors (Lipinski definition) is 0. The first-order valence-electron chi connectivity index (χ1n) is 9.33. The van der Waals surface area contributed by atoms with Crippen molar-refractivity contribution in [3.63, 3.8) is 0 Å². The van der Waals surface area contributed by atoms with Crippen LogP contribution in [0.4, 0.5) is 0 Å². The first-order chi connectivity index (χ1) is 14.4. The maximum Gasteiger partial charge on any atom is 0.285 e. The standard InChI is InChI=1S/C23H19ClN2O2S2/c1-15-7-8-16(2)25(15)26-22(27)21(30-23(26)29)13-18-5-3-4-6-20(18)28-14-17-9-11-19(24)12-10-17/h3-13H,14H2,1-2H3/b21-13+. The Morgan fingerprint density at radius 2 is 1.70 bits per heavy atom. The van der Waals surface area contributed by atoms with E-state index in [1.807, 2.05) is 85.3 Å².